The number of nitrogens with one attached hydrogen (secondary N) is 2. The van der Waals surface area contributed by atoms with Crippen LogP contribution in [0.2, 0.25) is 0 Å². The van der Waals surface area contributed by atoms with Crippen molar-refractivity contribution in [1.29, 1.82) is 0 Å². The van der Waals surface area contributed by atoms with Crippen molar-refractivity contribution in [3.63, 3.8) is 0 Å². The normalized spacial score (nSPS) is 11.2. The third-order valence-electron chi connectivity index (χ3n) is 3.01. The predicted octanol–water partition coefficient (Wildman–Crippen LogP) is 3.10. The molecule has 2 aromatic heterocycles. The number of benzene rings is 1. The Kier molecular flexibility index (Phi) is 3.42. The number of anilines is 1. The lowest BCUT2D eigenvalue weighted by atomic mass is 10.2. The molecule has 0 aliphatic carbocycles. The molecule has 1 amide bonds. The first kappa shape index (κ1) is 13.7. The number of hydrogen-bond donors (Lipinski definition) is 2. The van der Waals surface area contributed by atoms with E-state index in [-0.39, 0.29) is 17.6 Å². The van der Waals surface area contributed by atoms with Gasteiger partial charge in [0.05, 0.1) is 15.2 Å². The zero-order valence-corrected chi connectivity index (χ0v) is 12.8. The lowest BCUT2D eigenvalue weighted by molar-refractivity contribution is 0.101. The molecule has 7 heteroatoms. The van der Waals surface area contributed by atoms with E-state index in [2.05, 4.69) is 25.5 Å². The Morgan fingerprint density at radius 3 is 2.86 bits per heavy atom. The molecule has 0 saturated carbocycles. The summed E-state index contributed by atoms with van der Waals surface area (Å²) in [5.41, 5.74) is 1.66. The summed E-state index contributed by atoms with van der Waals surface area (Å²) < 4.78 is 1.04. The van der Waals surface area contributed by atoms with E-state index in [9.17, 15) is 4.79 Å². The summed E-state index contributed by atoms with van der Waals surface area (Å²) >= 11 is 1.60. The number of fused-ring (bicyclic) bond motifs is 1. The topological polar surface area (TPSA) is 83.6 Å². The minimum atomic E-state index is -0.321. The van der Waals surface area contributed by atoms with Gasteiger partial charge in [-0.2, -0.15) is 0 Å². The number of thiazole rings is 1. The summed E-state index contributed by atoms with van der Waals surface area (Å²) in [6, 6.07) is 5.63. The molecular formula is C14H15N5OS. The number of H-pyrrole nitrogens is 1. The Bertz CT molecular complexity index is 805. The maximum atomic E-state index is 12.1. The second-order valence-electron chi connectivity index (χ2n) is 5.07. The van der Waals surface area contributed by atoms with Gasteiger partial charge in [-0.1, -0.05) is 13.8 Å². The number of carbonyl (C=O) groups is 1. The maximum absolute atomic E-state index is 12.1. The zero-order chi connectivity index (χ0) is 15.0. The van der Waals surface area contributed by atoms with Gasteiger partial charge in [-0.15, -0.1) is 16.4 Å². The average Bonchev–Trinajstić information content (AvgIpc) is 3.03. The van der Waals surface area contributed by atoms with Crippen LogP contribution in [0, 0.1) is 6.92 Å². The molecule has 0 aliphatic rings. The van der Waals surface area contributed by atoms with Crippen LogP contribution in [0.25, 0.3) is 10.2 Å². The first-order valence-corrected chi connectivity index (χ1v) is 7.45. The molecule has 1 aromatic carbocycles. The van der Waals surface area contributed by atoms with E-state index in [1.54, 1.807) is 11.3 Å². The van der Waals surface area contributed by atoms with Gasteiger partial charge in [0.15, 0.2) is 0 Å². The highest BCUT2D eigenvalue weighted by Gasteiger charge is 2.14. The second-order valence-corrected chi connectivity index (χ2v) is 6.30. The molecule has 21 heavy (non-hydrogen) atoms. The number of nitrogens with zero attached hydrogens (tertiary/aromatic N) is 3. The molecule has 0 bridgehead atoms. The summed E-state index contributed by atoms with van der Waals surface area (Å²) in [6.07, 6.45) is 0. The van der Waals surface area contributed by atoms with Crippen LogP contribution in [-0.4, -0.2) is 26.1 Å². The Labute approximate surface area is 125 Å². The highest BCUT2D eigenvalue weighted by molar-refractivity contribution is 7.18. The van der Waals surface area contributed by atoms with Crippen molar-refractivity contribution in [1.82, 2.24) is 20.2 Å². The van der Waals surface area contributed by atoms with Crippen molar-refractivity contribution in [2.45, 2.75) is 26.7 Å². The van der Waals surface area contributed by atoms with Gasteiger partial charge in [0, 0.05) is 11.6 Å². The molecule has 108 valence electrons. The van der Waals surface area contributed by atoms with E-state index in [0.717, 1.165) is 15.2 Å². The molecular weight excluding hydrogens is 286 g/mol. The lowest BCUT2D eigenvalue weighted by Crippen LogP contribution is -2.13. The number of hydrogen-bond acceptors (Lipinski definition) is 5. The third kappa shape index (κ3) is 2.78. The van der Waals surface area contributed by atoms with E-state index in [4.69, 9.17) is 0 Å². The molecule has 2 N–H and O–H groups in total. The third-order valence-corrected chi connectivity index (χ3v) is 3.94. The van der Waals surface area contributed by atoms with Crippen LogP contribution in [-0.2, 0) is 0 Å². The summed E-state index contributed by atoms with van der Waals surface area (Å²) in [6.45, 7) is 5.94. The fourth-order valence-corrected chi connectivity index (χ4v) is 2.81. The minimum Gasteiger partial charge on any atom is -0.319 e. The standard InChI is InChI=1S/C14H15N5OS/c1-7(2)12-17-13(19-18-12)14(20)16-9-4-5-10-11(6-9)21-8(3)15-10/h4-7H,1-3H3,(H,16,20)(H,17,18,19). The van der Waals surface area contributed by atoms with Crippen molar-refractivity contribution >= 4 is 33.1 Å². The number of amides is 1. The molecule has 0 saturated heterocycles. The molecule has 0 atom stereocenters. The Balaban J connectivity index is 1.81. The fourth-order valence-electron chi connectivity index (χ4n) is 1.94. The van der Waals surface area contributed by atoms with Gasteiger partial charge in [-0.3, -0.25) is 9.89 Å². The van der Waals surface area contributed by atoms with E-state index in [0.29, 0.717) is 11.5 Å². The predicted molar refractivity (Wildman–Crippen MR) is 82.8 cm³/mol. The summed E-state index contributed by atoms with van der Waals surface area (Å²) in [7, 11) is 0. The number of aromatic nitrogens is 4. The van der Waals surface area contributed by atoms with Crippen LogP contribution in [0.5, 0.6) is 0 Å². The van der Waals surface area contributed by atoms with Gasteiger partial charge in [0.2, 0.25) is 5.82 Å². The molecule has 2 heterocycles. The van der Waals surface area contributed by atoms with Crippen LogP contribution in [0.3, 0.4) is 0 Å². The van der Waals surface area contributed by atoms with E-state index >= 15 is 0 Å². The number of aryl methyl sites for hydroxylation is 1. The average molecular weight is 301 g/mol. The first-order chi connectivity index (χ1) is 10.0. The largest absolute Gasteiger partial charge is 0.319 e. The zero-order valence-electron chi connectivity index (χ0n) is 12.0. The molecule has 0 radical (unpaired) electrons. The molecule has 0 aliphatic heterocycles. The smallest absolute Gasteiger partial charge is 0.295 e. The minimum absolute atomic E-state index is 0.152. The van der Waals surface area contributed by atoms with Crippen LogP contribution in [0.1, 0.15) is 41.2 Å². The highest BCUT2D eigenvalue weighted by atomic mass is 32.1. The van der Waals surface area contributed by atoms with Crippen molar-refractivity contribution in [2.75, 3.05) is 5.32 Å². The number of rotatable bonds is 3. The van der Waals surface area contributed by atoms with Gasteiger partial charge in [0.1, 0.15) is 5.82 Å². The lowest BCUT2D eigenvalue weighted by Gasteiger charge is -2.02. The monoisotopic (exact) mass is 301 g/mol. The summed E-state index contributed by atoms with van der Waals surface area (Å²) in [4.78, 5) is 20.7. The van der Waals surface area contributed by atoms with Gasteiger partial charge in [-0.25, -0.2) is 9.97 Å². The Morgan fingerprint density at radius 2 is 2.14 bits per heavy atom. The van der Waals surface area contributed by atoms with E-state index in [1.807, 2.05) is 39.0 Å². The molecule has 0 unspecified atom stereocenters. The van der Waals surface area contributed by atoms with Crippen LogP contribution in [0.15, 0.2) is 18.2 Å². The van der Waals surface area contributed by atoms with Crippen LogP contribution < -0.4 is 5.32 Å². The maximum Gasteiger partial charge on any atom is 0.295 e. The van der Waals surface area contributed by atoms with Gasteiger partial charge < -0.3 is 5.32 Å². The van der Waals surface area contributed by atoms with Gasteiger partial charge in [-0.05, 0) is 25.1 Å². The second kappa shape index (κ2) is 5.25. The van der Waals surface area contributed by atoms with Crippen LogP contribution in [0.4, 0.5) is 5.69 Å². The van der Waals surface area contributed by atoms with Crippen molar-refractivity contribution in [2.24, 2.45) is 0 Å². The quantitative estimate of drug-likeness (QED) is 0.778. The fraction of sp³-hybridized carbons (Fsp3) is 0.286. The van der Waals surface area contributed by atoms with Crippen LogP contribution >= 0.6 is 11.3 Å². The van der Waals surface area contributed by atoms with Crippen molar-refractivity contribution in [3.8, 4) is 0 Å². The molecule has 3 rings (SSSR count). The molecule has 0 fully saturated rings. The Morgan fingerprint density at radius 1 is 1.33 bits per heavy atom. The SMILES string of the molecule is Cc1nc2ccc(NC(=O)c3n[nH]c(C(C)C)n3)cc2s1. The van der Waals surface area contributed by atoms with Crippen molar-refractivity contribution in [3.05, 3.63) is 34.9 Å². The highest BCUT2D eigenvalue weighted by Crippen LogP contribution is 2.24. The number of aromatic amines is 1. The molecule has 6 nitrogen and oxygen atoms in total. The van der Waals surface area contributed by atoms with E-state index in [1.165, 1.54) is 0 Å². The van der Waals surface area contributed by atoms with Gasteiger partial charge in [0.25, 0.3) is 5.91 Å². The summed E-state index contributed by atoms with van der Waals surface area (Å²) in [5, 5.41) is 10.5. The van der Waals surface area contributed by atoms with Gasteiger partial charge >= 0.3 is 0 Å². The molecule has 3 aromatic rings. The summed E-state index contributed by atoms with van der Waals surface area (Å²) in [5.74, 6) is 0.738. The Hall–Kier alpha value is -2.28. The number of carbonyl (C=O) groups excluding carboxylic acids is 1. The van der Waals surface area contributed by atoms with E-state index < -0.39 is 0 Å². The molecule has 0 spiro atoms. The first-order valence-electron chi connectivity index (χ1n) is 6.64. The van der Waals surface area contributed by atoms with Crippen molar-refractivity contribution < 1.29 is 4.79 Å².